The first-order valence-electron chi connectivity index (χ1n) is 8.72. The summed E-state index contributed by atoms with van der Waals surface area (Å²) < 4.78 is 34.0. The van der Waals surface area contributed by atoms with E-state index in [4.69, 9.17) is 4.74 Å². The molecule has 3 rings (SSSR count). The molecule has 1 aromatic carbocycles. The van der Waals surface area contributed by atoms with E-state index in [1.54, 1.807) is 0 Å². The zero-order valence-electron chi connectivity index (χ0n) is 15.4. The van der Waals surface area contributed by atoms with Gasteiger partial charge in [-0.15, -0.1) is 11.3 Å². The summed E-state index contributed by atoms with van der Waals surface area (Å²) in [5, 5.41) is 0. The van der Waals surface area contributed by atoms with Crippen molar-refractivity contribution in [2.45, 2.75) is 32.8 Å². The van der Waals surface area contributed by atoms with E-state index in [1.807, 2.05) is 6.07 Å². The zero-order valence-corrected chi connectivity index (χ0v) is 16.2. The average molecular weight is 410 g/mol. The molecule has 1 aliphatic rings. The number of benzene rings is 1. The predicted molar refractivity (Wildman–Crippen MR) is 100 cm³/mol. The number of carbonyl (C=O) groups excluding carboxylic acids is 2. The summed E-state index contributed by atoms with van der Waals surface area (Å²) in [5.74, 6) is -0.601. The number of aryl methyl sites for hydroxylation is 1. The number of halogens is 2. The predicted octanol–water partition coefficient (Wildman–Crippen LogP) is 3.56. The highest BCUT2D eigenvalue weighted by atomic mass is 32.1. The van der Waals surface area contributed by atoms with Gasteiger partial charge >= 0.3 is 6.61 Å². The molecule has 28 heavy (non-hydrogen) atoms. The molecule has 2 amide bonds. The maximum absolute atomic E-state index is 12.4. The van der Waals surface area contributed by atoms with Crippen LogP contribution in [0.5, 0.6) is 11.5 Å². The van der Waals surface area contributed by atoms with Gasteiger partial charge in [0, 0.05) is 10.4 Å². The van der Waals surface area contributed by atoms with E-state index in [1.165, 1.54) is 47.1 Å². The van der Waals surface area contributed by atoms with Crippen LogP contribution in [0.3, 0.4) is 0 Å². The first kappa shape index (κ1) is 20.1. The molecule has 2 N–H and O–H groups in total. The summed E-state index contributed by atoms with van der Waals surface area (Å²) in [6.07, 6.45) is 3.03. The SMILES string of the molecule is COc1cc(C(=O)NNC(=O)c2cc3c(s2)CC[C@@H](C)C3)ccc1OC(F)F. The fourth-order valence-corrected chi connectivity index (χ4v) is 4.17. The second-order valence-corrected chi connectivity index (χ2v) is 7.70. The van der Waals surface area contributed by atoms with Crippen LogP contribution in [-0.2, 0) is 12.8 Å². The minimum atomic E-state index is -3.01. The molecule has 9 heteroatoms. The van der Waals surface area contributed by atoms with Gasteiger partial charge in [-0.1, -0.05) is 6.92 Å². The van der Waals surface area contributed by atoms with E-state index >= 15 is 0 Å². The van der Waals surface area contributed by atoms with Gasteiger partial charge in [-0.25, -0.2) is 0 Å². The van der Waals surface area contributed by atoms with Gasteiger partial charge in [0.15, 0.2) is 11.5 Å². The standard InChI is InChI=1S/C19H20F2N2O4S/c1-10-3-6-15-12(7-10)9-16(28-15)18(25)23-22-17(24)11-4-5-13(27-19(20)21)14(8-11)26-2/h4-5,8-10,19H,3,6-7H2,1-2H3,(H,22,24)(H,23,25)/t10-/m1/s1. The smallest absolute Gasteiger partial charge is 0.387 e. The highest BCUT2D eigenvalue weighted by Crippen LogP contribution is 2.32. The number of rotatable bonds is 5. The third kappa shape index (κ3) is 4.59. The third-order valence-electron chi connectivity index (χ3n) is 4.48. The van der Waals surface area contributed by atoms with Crippen molar-refractivity contribution in [1.82, 2.24) is 10.9 Å². The van der Waals surface area contributed by atoms with Crippen molar-refractivity contribution in [2.75, 3.05) is 7.11 Å². The summed E-state index contributed by atoms with van der Waals surface area (Å²) >= 11 is 1.44. The Kier molecular flexibility index (Phi) is 6.13. The molecule has 2 aromatic rings. The number of thiophene rings is 1. The lowest BCUT2D eigenvalue weighted by molar-refractivity contribution is -0.0512. The molecule has 150 valence electrons. The Bertz CT molecular complexity index is 885. The molecule has 6 nitrogen and oxygen atoms in total. The molecule has 1 aliphatic carbocycles. The highest BCUT2D eigenvalue weighted by Gasteiger charge is 2.21. The molecule has 0 bridgehead atoms. The summed E-state index contributed by atoms with van der Waals surface area (Å²) in [7, 11) is 1.27. The van der Waals surface area contributed by atoms with Crippen molar-refractivity contribution in [3.05, 3.63) is 45.1 Å². The lowest BCUT2D eigenvalue weighted by atomic mass is 9.90. The van der Waals surface area contributed by atoms with Gasteiger partial charge in [0.05, 0.1) is 12.0 Å². The van der Waals surface area contributed by atoms with Crippen LogP contribution in [0.25, 0.3) is 0 Å². The third-order valence-corrected chi connectivity index (χ3v) is 5.72. The Morgan fingerprint density at radius 2 is 1.93 bits per heavy atom. The van der Waals surface area contributed by atoms with Gasteiger partial charge in [0.25, 0.3) is 11.8 Å². The van der Waals surface area contributed by atoms with Crippen LogP contribution in [0.15, 0.2) is 24.3 Å². The topological polar surface area (TPSA) is 76.7 Å². The molecule has 0 unspecified atom stereocenters. The molecular weight excluding hydrogens is 390 g/mol. The maximum atomic E-state index is 12.4. The lowest BCUT2D eigenvalue weighted by Crippen LogP contribution is -2.41. The van der Waals surface area contributed by atoms with Crippen LogP contribution in [0.2, 0.25) is 0 Å². The summed E-state index contributed by atoms with van der Waals surface area (Å²) in [6, 6.07) is 5.63. The molecule has 1 heterocycles. The Labute approximate surface area is 164 Å². The molecule has 1 atom stereocenters. The van der Waals surface area contributed by atoms with Gasteiger partial charge in [0.1, 0.15) is 0 Å². The monoisotopic (exact) mass is 410 g/mol. The van der Waals surface area contributed by atoms with Crippen molar-refractivity contribution in [2.24, 2.45) is 5.92 Å². The summed E-state index contributed by atoms with van der Waals surface area (Å²) in [6.45, 7) is -0.820. The van der Waals surface area contributed by atoms with Crippen molar-refractivity contribution in [1.29, 1.82) is 0 Å². The maximum Gasteiger partial charge on any atom is 0.387 e. The largest absolute Gasteiger partial charge is 0.493 e. The lowest BCUT2D eigenvalue weighted by Gasteiger charge is -2.16. The first-order chi connectivity index (χ1) is 13.4. The minimum Gasteiger partial charge on any atom is -0.493 e. The fraction of sp³-hybridized carbons (Fsp3) is 0.368. The number of hydrogen-bond acceptors (Lipinski definition) is 5. The van der Waals surface area contributed by atoms with E-state index in [9.17, 15) is 18.4 Å². The zero-order chi connectivity index (χ0) is 20.3. The Morgan fingerprint density at radius 3 is 2.64 bits per heavy atom. The normalized spacial score (nSPS) is 15.7. The van der Waals surface area contributed by atoms with Crippen molar-refractivity contribution in [3.8, 4) is 11.5 Å². The van der Waals surface area contributed by atoms with E-state index < -0.39 is 18.4 Å². The number of hydrazine groups is 1. The number of fused-ring (bicyclic) bond motifs is 1. The first-order valence-corrected chi connectivity index (χ1v) is 9.54. The molecule has 0 fully saturated rings. The van der Waals surface area contributed by atoms with Crippen LogP contribution < -0.4 is 20.3 Å². The fourth-order valence-electron chi connectivity index (χ4n) is 3.07. The minimum absolute atomic E-state index is 0.0145. The van der Waals surface area contributed by atoms with E-state index in [2.05, 4.69) is 22.5 Å². The second-order valence-electron chi connectivity index (χ2n) is 6.56. The average Bonchev–Trinajstić information content (AvgIpc) is 3.08. The van der Waals surface area contributed by atoms with Crippen molar-refractivity contribution >= 4 is 23.2 Å². The van der Waals surface area contributed by atoms with Gasteiger partial charge in [0.2, 0.25) is 0 Å². The van der Waals surface area contributed by atoms with Gasteiger partial charge in [-0.05, 0) is 55.0 Å². The summed E-state index contributed by atoms with van der Waals surface area (Å²) in [4.78, 5) is 26.3. The van der Waals surface area contributed by atoms with Gasteiger partial charge in [-0.2, -0.15) is 8.78 Å². The molecule has 0 radical (unpaired) electrons. The van der Waals surface area contributed by atoms with Gasteiger partial charge in [-0.3, -0.25) is 20.4 Å². The van der Waals surface area contributed by atoms with E-state index in [0.29, 0.717) is 10.8 Å². The number of nitrogens with one attached hydrogen (secondary N) is 2. The van der Waals surface area contributed by atoms with Crippen LogP contribution in [-0.4, -0.2) is 25.5 Å². The van der Waals surface area contributed by atoms with Crippen molar-refractivity contribution < 1.29 is 27.8 Å². The number of amides is 2. The number of carbonyl (C=O) groups is 2. The van der Waals surface area contributed by atoms with Crippen LogP contribution >= 0.6 is 11.3 Å². The Balaban J connectivity index is 1.63. The highest BCUT2D eigenvalue weighted by molar-refractivity contribution is 7.14. The number of ether oxygens (including phenoxy) is 2. The van der Waals surface area contributed by atoms with Crippen LogP contribution in [0.4, 0.5) is 8.78 Å². The van der Waals surface area contributed by atoms with Gasteiger partial charge < -0.3 is 9.47 Å². The molecule has 0 saturated heterocycles. The second kappa shape index (κ2) is 8.55. The quantitative estimate of drug-likeness (QED) is 0.739. The molecule has 0 spiro atoms. The molecule has 0 saturated carbocycles. The summed E-state index contributed by atoms with van der Waals surface area (Å²) in [5.41, 5.74) is 6.02. The van der Waals surface area contributed by atoms with Crippen molar-refractivity contribution in [3.63, 3.8) is 0 Å². The van der Waals surface area contributed by atoms with Crippen LogP contribution in [0, 0.1) is 5.92 Å². The van der Waals surface area contributed by atoms with E-state index in [-0.39, 0.29) is 17.1 Å². The van der Waals surface area contributed by atoms with E-state index in [0.717, 1.165) is 19.3 Å². The number of hydrogen-bond donors (Lipinski definition) is 2. The van der Waals surface area contributed by atoms with Crippen LogP contribution in [0.1, 0.15) is 43.8 Å². The Hall–Kier alpha value is -2.68. The number of alkyl halides is 2. The molecule has 0 aliphatic heterocycles. The Morgan fingerprint density at radius 1 is 1.18 bits per heavy atom. The molecular formula is C19H20F2N2O4S. The number of methoxy groups -OCH3 is 1. The molecule has 1 aromatic heterocycles.